The van der Waals surface area contributed by atoms with Gasteiger partial charge in [0, 0.05) is 44.8 Å². The van der Waals surface area contributed by atoms with Gasteiger partial charge in [0.1, 0.15) is 5.76 Å². The van der Waals surface area contributed by atoms with Gasteiger partial charge in [-0.1, -0.05) is 42.5 Å². The highest BCUT2D eigenvalue weighted by Crippen LogP contribution is 2.21. The fourth-order valence-electron chi connectivity index (χ4n) is 3.68. The normalized spacial score (nSPS) is 15.3. The molecule has 0 aliphatic carbocycles. The first-order valence-electron chi connectivity index (χ1n) is 10.4. The highest BCUT2D eigenvalue weighted by molar-refractivity contribution is 5.93. The van der Waals surface area contributed by atoms with Crippen LogP contribution in [0.15, 0.2) is 59.0 Å². The van der Waals surface area contributed by atoms with Gasteiger partial charge in [-0.3, -0.25) is 9.69 Å². The zero-order valence-electron chi connectivity index (χ0n) is 17.6. The SMILES string of the molecule is Cc1oc(-c2ccccc2)nc1C(=O)NCc1cccc(CN2CCN(C)CC2)c1. The number of nitrogens with one attached hydrogen (secondary N) is 1. The van der Waals surface area contributed by atoms with Crippen LogP contribution in [0.1, 0.15) is 27.4 Å². The van der Waals surface area contributed by atoms with E-state index in [9.17, 15) is 4.79 Å². The van der Waals surface area contributed by atoms with Crippen LogP contribution in [0.2, 0.25) is 0 Å². The molecule has 0 spiro atoms. The molecule has 1 aliphatic rings. The van der Waals surface area contributed by atoms with Crippen molar-refractivity contribution in [2.24, 2.45) is 0 Å². The number of rotatable bonds is 6. The Morgan fingerprint density at radius 1 is 1.03 bits per heavy atom. The van der Waals surface area contributed by atoms with E-state index < -0.39 is 0 Å². The predicted octanol–water partition coefficient (Wildman–Crippen LogP) is 3.33. The lowest BCUT2D eigenvalue weighted by Gasteiger charge is -2.32. The summed E-state index contributed by atoms with van der Waals surface area (Å²) in [4.78, 5) is 21.9. The summed E-state index contributed by atoms with van der Waals surface area (Å²) < 4.78 is 5.70. The smallest absolute Gasteiger partial charge is 0.273 e. The Bertz CT molecular complexity index is 991. The van der Waals surface area contributed by atoms with Crippen molar-refractivity contribution in [2.75, 3.05) is 33.2 Å². The highest BCUT2D eigenvalue weighted by Gasteiger charge is 2.18. The Morgan fingerprint density at radius 3 is 2.53 bits per heavy atom. The lowest BCUT2D eigenvalue weighted by molar-refractivity contribution is 0.0945. The third-order valence-electron chi connectivity index (χ3n) is 5.48. The van der Waals surface area contributed by atoms with Crippen LogP contribution < -0.4 is 5.32 Å². The van der Waals surface area contributed by atoms with Gasteiger partial charge < -0.3 is 14.6 Å². The van der Waals surface area contributed by atoms with Crippen LogP contribution in [0, 0.1) is 6.92 Å². The number of aryl methyl sites for hydroxylation is 1. The molecule has 1 aliphatic heterocycles. The number of aromatic nitrogens is 1. The maximum absolute atomic E-state index is 12.7. The zero-order valence-corrected chi connectivity index (χ0v) is 17.6. The quantitative estimate of drug-likeness (QED) is 0.683. The summed E-state index contributed by atoms with van der Waals surface area (Å²) in [6, 6.07) is 18.0. The van der Waals surface area contributed by atoms with Crippen LogP contribution in [-0.2, 0) is 13.1 Å². The molecule has 3 aromatic rings. The molecule has 1 aromatic heterocycles. The predicted molar refractivity (Wildman–Crippen MR) is 117 cm³/mol. The van der Waals surface area contributed by atoms with E-state index in [1.807, 2.05) is 36.4 Å². The molecule has 1 N–H and O–H groups in total. The topological polar surface area (TPSA) is 61.6 Å². The zero-order chi connectivity index (χ0) is 20.9. The van der Waals surface area contributed by atoms with Crippen molar-refractivity contribution in [3.8, 4) is 11.5 Å². The lowest BCUT2D eigenvalue weighted by Crippen LogP contribution is -2.43. The van der Waals surface area contributed by atoms with Crippen LogP contribution in [0.3, 0.4) is 0 Å². The van der Waals surface area contributed by atoms with Crippen LogP contribution in [-0.4, -0.2) is 53.9 Å². The second kappa shape index (κ2) is 9.24. The number of amides is 1. The van der Waals surface area contributed by atoms with Gasteiger partial charge in [-0.2, -0.15) is 0 Å². The van der Waals surface area contributed by atoms with E-state index >= 15 is 0 Å². The van der Waals surface area contributed by atoms with Gasteiger partial charge in [-0.25, -0.2) is 4.98 Å². The molecule has 0 bridgehead atoms. The van der Waals surface area contributed by atoms with Crippen molar-refractivity contribution < 1.29 is 9.21 Å². The average molecular weight is 405 g/mol. The van der Waals surface area contributed by atoms with Gasteiger partial charge in [-0.05, 0) is 37.2 Å². The van der Waals surface area contributed by atoms with Gasteiger partial charge >= 0.3 is 0 Å². The number of benzene rings is 2. The van der Waals surface area contributed by atoms with Crippen LogP contribution in [0.25, 0.3) is 11.5 Å². The molecule has 1 amide bonds. The molecule has 4 rings (SSSR count). The van der Waals surface area contributed by atoms with E-state index in [-0.39, 0.29) is 5.91 Å². The molecule has 1 saturated heterocycles. The lowest BCUT2D eigenvalue weighted by atomic mass is 10.1. The molecule has 1 fully saturated rings. The van der Waals surface area contributed by atoms with Crippen molar-refractivity contribution in [3.05, 3.63) is 77.2 Å². The molecule has 2 aromatic carbocycles. The molecule has 30 heavy (non-hydrogen) atoms. The number of piperazine rings is 1. The number of carbonyl (C=O) groups is 1. The van der Waals surface area contributed by atoms with E-state index in [0.717, 1.165) is 43.9 Å². The molecule has 6 nitrogen and oxygen atoms in total. The number of carbonyl (C=O) groups excluding carboxylic acids is 1. The molecule has 0 radical (unpaired) electrons. The number of hydrogen-bond donors (Lipinski definition) is 1. The molecule has 0 atom stereocenters. The Labute approximate surface area is 177 Å². The summed E-state index contributed by atoms with van der Waals surface area (Å²) in [5.74, 6) is 0.769. The first-order valence-corrected chi connectivity index (χ1v) is 10.4. The summed E-state index contributed by atoms with van der Waals surface area (Å²) in [7, 11) is 2.17. The van der Waals surface area contributed by atoms with E-state index in [1.54, 1.807) is 6.92 Å². The largest absolute Gasteiger partial charge is 0.441 e. The number of nitrogens with zero attached hydrogens (tertiary/aromatic N) is 3. The molecule has 6 heteroatoms. The summed E-state index contributed by atoms with van der Waals surface area (Å²) in [5, 5.41) is 2.98. The van der Waals surface area contributed by atoms with Crippen molar-refractivity contribution in [2.45, 2.75) is 20.0 Å². The van der Waals surface area contributed by atoms with E-state index in [1.165, 1.54) is 5.56 Å². The maximum atomic E-state index is 12.7. The summed E-state index contributed by atoms with van der Waals surface area (Å²) >= 11 is 0. The fourth-order valence-corrected chi connectivity index (χ4v) is 3.68. The Hall–Kier alpha value is -2.96. The average Bonchev–Trinajstić information content (AvgIpc) is 3.16. The first kappa shape index (κ1) is 20.3. The van der Waals surface area contributed by atoms with Crippen LogP contribution >= 0.6 is 0 Å². The molecular weight excluding hydrogens is 376 g/mol. The molecule has 2 heterocycles. The number of likely N-dealkylation sites (N-methyl/N-ethyl adjacent to an activating group) is 1. The van der Waals surface area contributed by atoms with Crippen molar-refractivity contribution in [3.63, 3.8) is 0 Å². The monoisotopic (exact) mass is 404 g/mol. The third kappa shape index (κ3) is 4.96. The minimum Gasteiger partial charge on any atom is -0.441 e. The van der Waals surface area contributed by atoms with Crippen molar-refractivity contribution in [1.29, 1.82) is 0 Å². The van der Waals surface area contributed by atoms with Crippen LogP contribution in [0.5, 0.6) is 0 Å². The Balaban J connectivity index is 1.37. The van der Waals surface area contributed by atoms with Gasteiger partial charge in [0.2, 0.25) is 5.89 Å². The van der Waals surface area contributed by atoms with Crippen LogP contribution in [0.4, 0.5) is 0 Å². The minimum atomic E-state index is -0.220. The van der Waals surface area contributed by atoms with Gasteiger partial charge in [0.05, 0.1) is 0 Å². The Kier molecular flexibility index (Phi) is 6.26. The maximum Gasteiger partial charge on any atom is 0.273 e. The fraction of sp³-hybridized carbons (Fsp3) is 0.333. The van der Waals surface area contributed by atoms with Crippen molar-refractivity contribution in [1.82, 2.24) is 20.1 Å². The highest BCUT2D eigenvalue weighted by atomic mass is 16.4. The standard InChI is InChI=1S/C24H28N4O2/c1-18-22(26-24(30-18)21-9-4-3-5-10-21)23(29)25-16-19-7-6-8-20(15-19)17-28-13-11-27(2)12-14-28/h3-10,15H,11-14,16-17H2,1-2H3,(H,25,29). The molecular formula is C24H28N4O2. The molecule has 0 unspecified atom stereocenters. The van der Waals surface area contributed by atoms with Gasteiger partial charge in [-0.15, -0.1) is 0 Å². The van der Waals surface area contributed by atoms with E-state index in [4.69, 9.17) is 4.42 Å². The van der Waals surface area contributed by atoms with Crippen molar-refractivity contribution >= 4 is 5.91 Å². The van der Waals surface area contributed by atoms with E-state index in [2.05, 4.69) is 45.3 Å². The molecule has 156 valence electrons. The minimum absolute atomic E-state index is 0.220. The molecule has 0 saturated carbocycles. The first-order chi connectivity index (χ1) is 14.6. The van der Waals surface area contributed by atoms with E-state index in [0.29, 0.717) is 23.9 Å². The number of oxazole rings is 1. The summed E-state index contributed by atoms with van der Waals surface area (Å²) in [6.07, 6.45) is 0. The second-order valence-corrected chi connectivity index (χ2v) is 7.87. The Morgan fingerprint density at radius 2 is 1.77 bits per heavy atom. The van der Waals surface area contributed by atoms with Gasteiger partial charge in [0.25, 0.3) is 5.91 Å². The second-order valence-electron chi connectivity index (χ2n) is 7.87. The number of hydrogen-bond acceptors (Lipinski definition) is 5. The summed E-state index contributed by atoms with van der Waals surface area (Å²) in [5.41, 5.74) is 3.55. The summed E-state index contributed by atoms with van der Waals surface area (Å²) in [6.45, 7) is 7.57. The van der Waals surface area contributed by atoms with Gasteiger partial charge in [0.15, 0.2) is 5.69 Å². The third-order valence-corrected chi connectivity index (χ3v) is 5.48.